The van der Waals surface area contributed by atoms with Gasteiger partial charge in [0.25, 0.3) is 0 Å². The van der Waals surface area contributed by atoms with Crippen molar-refractivity contribution in [2.45, 2.75) is 26.0 Å². The summed E-state index contributed by atoms with van der Waals surface area (Å²) in [6.07, 6.45) is 0.111. The lowest BCUT2D eigenvalue weighted by molar-refractivity contribution is 0.239. The topological polar surface area (TPSA) is 35.2 Å². The van der Waals surface area contributed by atoms with Crippen molar-refractivity contribution in [2.24, 2.45) is 5.73 Å². The van der Waals surface area contributed by atoms with Crippen LogP contribution >= 0.6 is 27.5 Å². The molecule has 0 fully saturated rings. The Morgan fingerprint density at radius 2 is 1.85 bits per heavy atom. The van der Waals surface area contributed by atoms with E-state index in [4.69, 9.17) is 22.1 Å². The van der Waals surface area contributed by atoms with Crippen LogP contribution in [0.15, 0.2) is 46.9 Å². The van der Waals surface area contributed by atoms with Crippen molar-refractivity contribution in [3.05, 3.63) is 63.1 Å². The lowest BCUT2D eigenvalue weighted by Crippen LogP contribution is -2.15. The predicted molar refractivity (Wildman–Crippen MR) is 87.4 cm³/mol. The molecule has 1 unspecified atom stereocenters. The molecule has 2 rings (SSSR count). The minimum absolute atomic E-state index is 0.111. The molecule has 0 heterocycles. The van der Waals surface area contributed by atoms with Gasteiger partial charge < -0.3 is 10.5 Å². The summed E-state index contributed by atoms with van der Waals surface area (Å²) in [5, 5.41) is 0.674. The molecule has 0 aliphatic heterocycles. The number of para-hydroxylation sites is 1. The summed E-state index contributed by atoms with van der Waals surface area (Å²) < 4.78 is 6.67. The fourth-order valence-electron chi connectivity index (χ4n) is 1.98. The Morgan fingerprint density at radius 1 is 1.15 bits per heavy atom. The maximum absolute atomic E-state index is 6.37. The van der Waals surface area contributed by atoms with E-state index in [9.17, 15) is 0 Å². The Bertz CT molecular complexity index is 601. The van der Waals surface area contributed by atoms with E-state index in [0.29, 0.717) is 5.02 Å². The van der Waals surface area contributed by atoms with Crippen LogP contribution in [0.2, 0.25) is 5.02 Å². The van der Waals surface area contributed by atoms with Gasteiger partial charge in [-0.15, -0.1) is 0 Å². The molecule has 0 saturated carbocycles. The highest BCUT2D eigenvalue weighted by atomic mass is 79.9. The predicted octanol–water partition coefficient (Wildman–Crippen LogP) is 4.94. The summed E-state index contributed by atoms with van der Waals surface area (Å²) in [5.41, 5.74) is 8.32. The molecule has 0 aromatic heterocycles. The summed E-state index contributed by atoms with van der Waals surface area (Å²) in [4.78, 5) is 0. The molecule has 0 saturated heterocycles. The van der Waals surface area contributed by atoms with E-state index in [1.54, 1.807) is 0 Å². The van der Waals surface area contributed by atoms with Crippen LogP contribution in [-0.2, 0) is 0 Å². The van der Waals surface area contributed by atoms with Crippen LogP contribution in [0.4, 0.5) is 0 Å². The number of nitrogens with two attached hydrogens (primary N) is 1. The standard InChI is InChI=1S/C16H17BrClNO/c1-10(2)20-15-6-4-3-5-12(15)16(19)11-7-8-14(18)13(17)9-11/h3-10,16H,19H2,1-2H3. The molecule has 0 bridgehead atoms. The third kappa shape index (κ3) is 3.54. The van der Waals surface area contributed by atoms with Gasteiger partial charge in [0.1, 0.15) is 5.75 Å². The zero-order valence-corrected chi connectivity index (χ0v) is 13.8. The summed E-state index contributed by atoms with van der Waals surface area (Å²) in [7, 11) is 0. The number of ether oxygens (including phenoxy) is 1. The van der Waals surface area contributed by atoms with Crippen LogP contribution in [0.25, 0.3) is 0 Å². The van der Waals surface area contributed by atoms with Gasteiger partial charge in [0.05, 0.1) is 17.2 Å². The first-order chi connectivity index (χ1) is 9.49. The average molecular weight is 355 g/mol. The molecule has 0 spiro atoms. The molecular formula is C16H17BrClNO. The van der Waals surface area contributed by atoms with Crippen molar-refractivity contribution < 1.29 is 4.74 Å². The maximum Gasteiger partial charge on any atom is 0.124 e. The lowest BCUT2D eigenvalue weighted by Gasteiger charge is -2.19. The minimum Gasteiger partial charge on any atom is -0.491 e. The molecule has 4 heteroatoms. The summed E-state index contributed by atoms with van der Waals surface area (Å²) >= 11 is 9.45. The van der Waals surface area contributed by atoms with Crippen molar-refractivity contribution in [1.82, 2.24) is 0 Å². The third-order valence-corrected chi connectivity index (χ3v) is 4.13. The SMILES string of the molecule is CC(C)Oc1ccccc1C(N)c1ccc(Cl)c(Br)c1. The highest BCUT2D eigenvalue weighted by Crippen LogP contribution is 2.32. The van der Waals surface area contributed by atoms with E-state index in [1.807, 2.05) is 56.3 Å². The number of hydrogen-bond donors (Lipinski definition) is 1. The fraction of sp³-hybridized carbons (Fsp3) is 0.250. The Kier molecular flexibility index (Phi) is 5.08. The normalized spacial score (nSPS) is 12.5. The number of hydrogen-bond acceptors (Lipinski definition) is 2. The first-order valence-corrected chi connectivity index (χ1v) is 7.62. The van der Waals surface area contributed by atoms with Crippen LogP contribution < -0.4 is 10.5 Å². The summed E-state index contributed by atoms with van der Waals surface area (Å²) in [6.45, 7) is 4.00. The van der Waals surface area contributed by atoms with Crippen molar-refractivity contribution >= 4 is 27.5 Å². The zero-order chi connectivity index (χ0) is 14.7. The molecule has 106 valence electrons. The molecule has 2 aromatic rings. The van der Waals surface area contributed by atoms with Gasteiger partial charge in [-0.3, -0.25) is 0 Å². The Balaban J connectivity index is 2.37. The Hall–Kier alpha value is -1.03. The van der Waals surface area contributed by atoms with E-state index in [2.05, 4.69) is 15.9 Å². The van der Waals surface area contributed by atoms with E-state index in [-0.39, 0.29) is 12.1 Å². The second-order valence-corrected chi connectivity index (χ2v) is 6.12. The summed E-state index contributed by atoms with van der Waals surface area (Å²) in [6, 6.07) is 13.3. The largest absolute Gasteiger partial charge is 0.491 e. The van der Waals surface area contributed by atoms with Gasteiger partial charge in [-0.25, -0.2) is 0 Å². The van der Waals surface area contributed by atoms with E-state index >= 15 is 0 Å². The van der Waals surface area contributed by atoms with Crippen molar-refractivity contribution in [2.75, 3.05) is 0 Å². The second kappa shape index (κ2) is 6.61. The molecule has 1 atom stereocenters. The molecule has 0 aliphatic carbocycles. The van der Waals surface area contributed by atoms with Gasteiger partial charge in [-0.2, -0.15) is 0 Å². The van der Waals surface area contributed by atoms with Crippen molar-refractivity contribution in [1.29, 1.82) is 0 Å². The smallest absolute Gasteiger partial charge is 0.124 e. The average Bonchev–Trinajstić information content (AvgIpc) is 2.41. The second-order valence-electron chi connectivity index (χ2n) is 4.86. The molecular weight excluding hydrogens is 338 g/mol. The third-order valence-electron chi connectivity index (χ3n) is 2.92. The Labute approximate surface area is 133 Å². The van der Waals surface area contributed by atoms with Crippen LogP contribution in [0.1, 0.15) is 31.0 Å². The van der Waals surface area contributed by atoms with Gasteiger partial charge in [-0.1, -0.05) is 35.9 Å². The van der Waals surface area contributed by atoms with Crippen LogP contribution in [0, 0.1) is 0 Å². The van der Waals surface area contributed by atoms with Gasteiger partial charge in [-0.05, 0) is 53.5 Å². The molecule has 2 nitrogen and oxygen atoms in total. The van der Waals surface area contributed by atoms with Crippen LogP contribution in [-0.4, -0.2) is 6.10 Å². The van der Waals surface area contributed by atoms with Gasteiger partial charge in [0.2, 0.25) is 0 Å². The molecule has 2 N–H and O–H groups in total. The first-order valence-electron chi connectivity index (χ1n) is 6.45. The van der Waals surface area contributed by atoms with Crippen molar-refractivity contribution in [3.63, 3.8) is 0 Å². The highest BCUT2D eigenvalue weighted by molar-refractivity contribution is 9.10. The first kappa shape index (κ1) is 15.4. The highest BCUT2D eigenvalue weighted by Gasteiger charge is 2.15. The molecule has 2 aromatic carbocycles. The van der Waals surface area contributed by atoms with Crippen LogP contribution in [0.5, 0.6) is 5.75 Å². The van der Waals surface area contributed by atoms with Gasteiger partial charge >= 0.3 is 0 Å². The molecule has 0 aliphatic rings. The van der Waals surface area contributed by atoms with Gasteiger partial charge in [0.15, 0.2) is 0 Å². The van der Waals surface area contributed by atoms with E-state index in [1.165, 1.54) is 0 Å². The molecule has 0 radical (unpaired) electrons. The van der Waals surface area contributed by atoms with Crippen molar-refractivity contribution in [3.8, 4) is 5.75 Å². The lowest BCUT2D eigenvalue weighted by atomic mass is 9.99. The minimum atomic E-state index is -0.251. The maximum atomic E-state index is 6.37. The van der Waals surface area contributed by atoms with E-state index in [0.717, 1.165) is 21.3 Å². The summed E-state index contributed by atoms with van der Waals surface area (Å²) in [5.74, 6) is 0.820. The van der Waals surface area contributed by atoms with Gasteiger partial charge in [0, 0.05) is 10.0 Å². The van der Waals surface area contributed by atoms with E-state index < -0.39 is 0 Å². The zero-order valence-electron chi connectivity index (χ0n) is 11.4. The number of benzene rings is 2. The number of halogens is 2. The molecule has 20 heavy (non-hydrogen) atoms. The number of rotatable bonds is 4. The Morgan fingerprint density at radius 3 is 2.50 bits per heavy atom. The fourth-order valence-corrected chi connectivity index (χ4v) is 2.50. The van der Waals surface area contributed by atoms with Crippen LogP contribution in [0.3, 0.4) is 0 Å². The molecule has 0 amide bonds. The monoisotopic (exact) mass is 353 g/mol. The quantitative estimate of drug-likeness (QED) is 0.844.